The molecule has 0 aliphatic carbocycles. The molecule has 4 nitrogen and oxygen atoms in total. The maximum atomic E-state index is 13.6. The summed E-state index contributed by atoms with van der Waals surface area (Å²) < 4.78 is 40.1. The third-order valence-corrected chi connectivity index (χ3v) is 3.28. The van der Waals surface area contributed by atoms with Crippen molar-refractivity contribution in [2.45, 2.75) is 6.54 Å². The predicted octanol–water partition coefficient (Wildman–Crippen LogP) is 4.25. The van der Waals surface area contributed by atoms with E-state index in [2.05, 4.69) is 20.6 Å². The number of hydrogen-bond donors (Lipinski definition) is 2. The normalized spacial score (nSPS) is 10.5. The molecule has 0 amide bonds. The fraction of sp³-hybridized carbons (Fsp3) is 0.0588. The van der Waals surface area contributed by atoms with Crippen LogP contribution in [-0.2, 0) is 6.54 Å². The van der Waals surface area contributed by atoms with Gasteiger partial charge < -0.3 is 10.6 Å². The second-order valence-electron chi connectivity index (χ2n) is 4.98. The van der Waals surface area contributed by atoms with E-state index in [0.717, 1.165) is 12.1 Å². The van der Waals surface area contributed by atoms with Crippen molar-refractivity contribution in [3.63, 3.8) is 0 Å². The first-order chi connectivity index (χ1) is 11.6. The highest BCUT2D eigenvalue weighted by molar-refractivity contribution is 5.59. The number of aromatic nitrogens is 2. The van der Waals surface area contributed by atoms with E-state index in [4.69, 9.17) is 0 Å². The minimum Gasteiger partial charge on any atom is -0.366 e. The summed E-state index contributed by atoms with van der Waals surface area (Å²) in [5.74, 6) is -0.932. The highest BCUT2D eigenvalue weighted by atomic mass is 19.1. The van der Waals surface area contributed by atoms with Gasteiger partial charge in [-0.2, -0.15) is 0 Å². The molecule has 2 aromatic carbocycles. The van der Waals surface area contributed by atoms with Crippen LogP contribution in [0.1, 0.15) is 5.56 Å². The predicted molar refractivity (Wildman–Crippen MR) is 85.4 cm³/mol. The first-order valence-corrected chi connectivity index (χ1v) is 7.13. The Morgan fingerprint density at radius 3 is 2.42 bits per heavy atom. The van der Waals surface area contributed by atoms with Gasteiger partial charge >= 0.3 is 0 Å². The van der Waals surface area contributed by atoms with Crippen LogP contribution in [0.3, 0.4) is 0 Å². The molecule has 0 saturated carbocycles. The Labute approximate surface area is 136 Å². The van der Waals surface area contributed by atoms with E-state index < -0.39 is 11.6 Å². The van der Waals surface area contributed by atoms with Crippen molar-refractivity contribution in [2.75, 3.05) is 10.6 Å². The summed E-state index contributed by atoms with van der Waals surface area (Å²) in [6, 6.07) is 11.1. The average Bonchev–Trinajstić information content (AvgIpc) is 2.57. The number of nitrogens with zero attached hydrogens (tertiary/aromatic N) is 2. The summed E-state index contributed by atoms with van der Waals surface area (Å²) in [4.78, 5) is 8.00. The molecule has 122 valence electrons. The maximum Gasteiger partial charge on any atom is 0.149 e. The van der Waals surface area contributed by atoms with Crippen LogP contribution in [-0.4, -0.2) is 9.97 Å². The molecule has 1 aromatic heterocycles. The topological polar surface area (TPSA) is 49.8 Å². The largest absolute Gasteiger partial charge is 0.366 e. The summed E-state index contributed by atoms with van der Waals surface area (Å²) in [5.41, 5.74) is 0.588. The van der Waals surface area contributed by atoms with E-state index in [1.807, 2.05) is 0 Å². The van der Waals surface area contributed by atoms with Crippen LogP contribution >= 0.6 is 0 Å². The van der Waals surface area contributed by atoms with Gasteiger partial charge in [0, 0.05) is 24.2 Å². The highest BCUT2D eigenvalue weighted by Gasteiger charge is 2.06. The lowest BCUT2D eigenvalue weighted by molar-refractivity contribution is 0.586. The zero-order chi connectivity index (χ0) is 16.9. The molecule has 2 N–H and O–H groups in total. The molecule has 0 unspecified atom stereocenters. The summed E-state index contributed by atoms with van der Waals surface area (Å²) in [7, 11) is 0. The SMILES string of the molecule is Fc1ccc(Nc2cc(NCc3ccccc3F)ncn2)c(F)c1. The molecule has 0 fully saturated rings. The van der Waals surface area contributed by atoms with E-state index in [-0.39, 0.29) is 18.0 Å². The molecule has 24 heavy (non-hydrogen) atoms. The minimum atomic E-state index is -0.727. The van der Waals surface area contributed by atoms with Crippen LogP contribution in [0.15, 0.2) is 54.9 Å². The fourth-order valence-electron chi connectivity index (χ4n) is 2.08. The first-order valence-electron chi connectivity index (χ1n) is 7.13. The zero-order valence-corrected chi connectivity index (χ0v) is 12.4. The van der Waals surface area contributed by atoms with Gasteiger partial charge in [-0.1, -0.05) is 18.2 Å². The molecular formula is C17H13F3N4. The van der Waals surface area contributed by atoms with E-state index in [9.17, 15) is 13.2 Å². The van der Waals surface area contributed by atoms with Gasteiger partial charge in [0.2, 0.25) is 0 Å². The van der Waals surface area contributed by atoms with Crippen molar-refractivity contribution >= 4 is 17.3 Å². The lowest BCUT2D eigenvalue weighted by Crippen LogP contribution is -2.05. The van der Waals surface area contributed by atoms with Crippen molar-refractivity contribution in [3.8, 4) is 0 Å². The zero-order valence-electron chi connectivity index (χ0n) is 12.4. The molecule has 0 radical (unpaired) electrons. The van der Waals surface area contributed by atoms with E-state index in [1.54, 1.807) is 24.3 Å². The van der Waals surface area contributed by atoms with Crippen molar-refractivity contribution in [2.24, 2.45) is 0 Å². The fourth-order valence-corrected chi connectivity index (χ4v) is 2.08. The van der Waals surface area contributed by atoms with Gasteiger partial charge in [-0.05, 0) is 18.2 Å². The maximum absolute atomic E-state index is 13.6. The number of hydrogen-bond acceptors (Lipinski definition) is 4. The summed E-state index contributed by atoms with van der Waals surface area (Å²) in [6.45, 7) is 0.244. The molecule has 0 aliphatic heterocycles. The molecule has 3 rings (SSSR count). The molecule has 0 atom stereocenters. The number of nitrogens with one attached hydrogen (secondary N) is 2. The van der Waals surface area contributed by atoms with Gasteiger partial charge in [-0.15, -0.1) is 0 Å². The molecule has 0 saturated heterocycles. The Morgan fingerprint density at radius 1 is 0.833 bits per heavy atom. The monoisotopic (exact) mass is 330 g/mol. The van der Waals surface area contributed by atoms with Crippen LogP contribution in [0.25, 0.3) is 0 Å². The molecule has 0 spiro atoms. The smallest absolute Gasteiger partial charge is 0.149 e. The van der Waals surface area contributed by atoms with Crippen molar-refractivity contribution in [3.05, 3.63) is 77.9 Å². The van der Waals surface area contributed by atoms with Crippen molar-refractivity contribution in [1.29, 1.82) is 0 Å². The van der Waals surface area contributed by atoms with Gasteiger partial charge in [0.15, 0.2) is 0 Å². The van der Waals surface area contributed by atoms with Crippen LogP contribution in [0, 0.1) is 17.5 Å². The Bertz CT molecular complexity index is 855. The average molecular weight is 330 g/mol. The molecular weight excluding hydrogens is 317 g/mol. The van der Waals surface area contributed by atoms with Gasteiger partial charge in [-0.25, -0.2) is 23.1 Å². The van der Waals surface area contributed by atoms with Crippen LogP contribution < -0.4 is 10.6 Å². The lowest BCUT2D eigenvalue weighted by atomic mass is 10.2. The van der Waals surface area contributed by atoms with Gasteiger partial charge in [0.1, 0.15) is 35.4 Å². The third-order valence-electron chi connectivity index (χ3n) is 3.28. The molecule has 0 bridgehead atoms. The second kappa shape index (κ2) is 6.99. The van der Waals surface area contributed by atoms with E-state index >= 15 is 0 Å². The van der Waals surface area contributed by atoms with Gasteiger partial charge in [-0.3, -0.25) is 0 Å². The Kier molecular flexibility index (Phi) is 4.60. The first kappa shape index (κ1) is 15.8. The van der Waals surface area contributed by atoms with Crippen molar-refractivity contribution < 1.29 is 13.2 Å². The Morgan fingerprint density at radius 2 is 1.62 bits per heavy atom. The van der Waals surface area contributed by atoms with E-state index in [1.165, 1.54) is 18.5 Å². The van der Waals surface area contributed by atoms with Gasteiger partial charge in [0.25, 0.3) is 0 Å². The third kappa shape index (κ3) is 3.81. The standard InChI is InChI=1S/C17H13F3N4/c18-12-5-6-15(14(20)7-12)24-17-8-16(22-10-23-17)21-9-11-3-1-2-4-13(11)19/h1-8,10H,9H2,(H2,21,22,23,24). The minimum absolute atomic E-state index is 0.0927. The number of benzene rings is 2. The van der Waals surface area contributed by atoms with Gasteiger partial charge in [0.05, 0.1) is 5.69 Å². The summed E-state index contributed by atoms with van der Waals surface area (Å²) >= 11 is 0. The second-order valence-corrected chi connectivity index (χ2v) is 4.98. The molecule has 1 heterocycles. The van der Waals surface area contributed by atoms with Crippen LogP contribution in [0.4, 0.5) is 30.5 Å². The lowest BCUT2D eigenvalue weighted by Gasteiger charge is -2.10. The summed E-state index contributed by atoms with van der Waals surface area (Å²) in [5, 5.41) is 5.71. The molecule has 0 aliphatic rings. The van der Waals surface area contributed by atoms with Crippen LogP contribution in [0.2, 0.25) is 0 Å². The van der Waals surface area contributed by atoms with E-state index in [0.29, 0.717) is 17.2 Å². The number of halogens is 3. The molecule has 7 heteroatoms. The molecule has 3 aromatic rings. The number of rotatable bonds is 5. The highest BCUT2D eigenvalue weighted by Crippen LogP contribution is 2.20. The Balaban J connectivity index is 1.71. The number of anilines is 3. The Hall–Kier alpha value is -3.09. The van der Waals surface area contributed by atoms with Crippen LogP contribution in [0.5, 0.6) is 0 Å². The van der Waals surface area contributed by atoms with Crippen molar-refractivity contribution in [1.82, 2.24) is 9.97 Å². The summed E-state index contributed by atoms with van der Waals surface area (Å²) in [6.07, 6.45) is 1.29. The quantitative estimate of drug-likeness (QED) is 0.734.